The number of nitrogens with zero attached hydrogens (tertiary/aromatic N) is 1. The number of morpholine rings is 1. The minimum atomic E-state index is -3.72. The van der Waals surface area contributed by atoms with Crippen molar-refractivity contribution in [3.8, 4) is 5.75 Å². The fourth-order valence-electron chi connectivity index (χ4n) is 2.82. The SMILES string of the molecule is CNS(=O)(=O)c1ccc(C(=O)NCc2cccc(OCCN3CCOCC3)c2)o1. The van der Waals surface area contributed by atoms with Crippen molar-refractivity contribution < 1.29 is 27.1 Å². The summed E-state index contributed by atoms with van der Waals surface area (Å²) in [6.45, 7) is 5.01. The first-order valence-corrected chi connectivity index (χ1v) is 10.8. The van der Waals surface area contributed by atoms with Gasteiger partial charge in [-0.2, -0.15) is 0 Å². The maximum atomic E-state index is 12.2. The third kappa shape index (κ3) is 6.04. The van der Waals surface area contributed by atoms with Crippen molar-refractivity contribution in [1.82, 2.24) is 14.9 Å². The molecule has 2 N–H and O–H groups in total. The Morgan fingerprint density at radius 3 is 2.76 bits per heavy atom. The lowest BCUT2D eigenvalue weighted by atomic mass is 10.2. The lowest BCUT2D eigenvalue weighted by molar-refractivity contribution is 0.0322. The van der Waals surface area contributed by atoms with Crippen molar-refractivity contribution in [3.05, 3.63) is 47.7 Å². The molecule has 0 atom stereocenters. The van der Waals surface area contributed by atoms with Crippen LogP contribution in [0.4, 0.5) is 0 Å². The van der Waals surface area contributed by atoms with Gasteiger partial charge in [0.15, 0.2) is 5.76 Å². The van der Waals surface area contributed by atoms with Crippen LogP contribution in [0.5, 0.6) is 5.75 Å². The first kappa shape index (κ1) is 21.3. The summed E-state index contributed by atoms with van der Waals surface area (Å²) < 4.78 is 41.8. The van der Waals surface area contributed by atoms with E-state index in [2.05, 4.69) is 14.9 Å². The van der Waals surface area contributed by atoms with E-state index in [0.717, 1.165) is 44.2 Å². The van der Waals surface area contributed by atoms with Gasteiger partial charge < -0.3 is 19.2 Å². The molecule has 1 aromatic heterocycles. The summed E-state index contributed by atoms with van der Waals surface area (Å²) >= 11 is 0. The highest BCUT2D eigenvalue weighted by Gasteiger charge is 2.19. The number of ether oxygens (including phenoxy) is 2. The quantitative estimate of drug-likeness (QED) is 0.615. The van der Waals surface area contributed by atoms with E-state index in [1.807, 2.05) is 24.3 Å². The Labute approximate surface area is 170 Å². The lowest BCUT2D eigenvalue weighted by Crippen LogP contribution is -2.38. The Kier molecular flexibility index (Phi) is 7.26. The van der Waals surface area contributed by atoms with Crippen molar-refractivity contribution in [2.75, 3.05) is 46.5 Å². The highest BCUT2D eigenvalue weighted by Crippen LogP contribution is 2.15. The molecular weight excluding hydrogens is 398 g/mol. The van der Waals surface area contributed by atoms with Gasteiger partial charge in [0, 0.05) is 26.2 Å². The van der Waals surface area contributed by atoms with E-state index in [1.165, 1.54) is 19.2 Å². The van der Waals surface area contributed by atoms with Crippen molar-refractivity contribution in [2.45, 2.75) is 11.6 Å². The predicted octanol–water partition coefficient (Wildman–Crippen LogP) is 0.829. The summed E-state index contributed by atoms with van der Waals surface area (Å²) in [6.07, 6.45) is 0. The summed E-state index contributed by atoms with van der Waals surface area (Å²) in [6, 6.07) is 10.0. The highest BCUT2D eigenvalue weighted by molar-refractivity contribution is 7.89. The number of sulfonamides is 1. The molecule has 2 heterocycles. The van der Waals surface area contributed by atoms with Crippen LogP contribution in [0.1, 0.15) is 16.1 Å². The van der Waals surface area contributed by atoms with Crippen LogP contribution in [0.2, 0.25) is 0 Å². The molecule has 3 rings (SSSR count). The molecule has 1 aromatic carbocycles. The van der Waals surface area contributed by atoms with Crippen molar-refractivity contribution in [1.29, 1.82) is 0 Å². The monoisotopic (exact) mass is 423 g/mol. The maximum Gasteiger partial charge on any atom is 0.287 e. The summed E-state index contributed by atoms with van der Waals surface area (Å²) in [7, 11) is -2.45. The van der Waals surface area contributed by atoms with E-state index in [4.69, 9.17) is 13.9 Å². The molecular formula is C19H25N3O6S. The zero-order valence-corrected chi connectivity index (χ0v) is 17.0. The van der Waals surface area contributed by atoms with Gasteiger partial charge in [0.05, 0.1) is 13.2 Å². The molecule has 0 unspecified atom stereocenters. The molecule has 2 aromatic rings. The minimum absolute atomic E-state index is 0.0725. The van der Waals surface area contributed by atoms with Gasteiger partial charge in [0.25, 0.3) is 15.9 Å². The predicted molar refractivity (Wildman–Crippen MR) is 105 cm³/mol. The summed E-state index contributed by atoms with van der Waals surface area (Å²) in [5.74, 6) is 0.156. The number of nitrogens with one attached hydrogen (secondary N) is 2. The Bertz CT molecular complexity index is 922. The lowest BCUT2D eigenvalue weighted by Gasteiger charge is -2.26. The number of rotatable bonds is 9. The molecule has 0 saturated carbocycles. The van der Waals surface area contributed by atoms with E-state index >= 15 is 0 Å². The van der Waals surface area contributed by atoms with E-state index in [-0.39, 0.29) is 17.4 Å². The van der Waals surface area contributed by atoms with Crippen LogP contribution in [0.3, 0.4) is 0 Å². The third-order valence-corrected chi connectivity index (χ3v) is 5.76. The smallest absolute Gasteiger partial charge is 0.287 e. The first-order valence-electron chi connectivity index (χ1n) is 9.31. The Morgan fingerprint density at radius 2 is 2.00 bits per heavy atom. The molecule has 1 fully saturated rings. The molecule has 1 amide bonds. The zero-order valence-electron chi connectivity index (χ0n) is 16.2. The average molecular weight is 423 g/mol. The fourth-order valence-corrected chi connectivity index (χ4v) is 3.47. The second-order valence-corrected chi connectivity index (χ2v) is 8.28. The van der Waals surface area contributed by atoms with E-state index < -0.39 is 15.9 Å². The first-order chi connectivity index (χ1) is 14.0. The Balaban J connectivity index is 1.49. The Hall–Kier alpha value is -2.40. The van der Waals surface area contributed by atoms with Crippen LogP contribution < -0.4 is 14.8 Å². The van der Waals surface area contributed by atoms with Gasteiger partial charge in [0.2, 0.25) is 5.09 Å². The van der Waals surface area contributed by atoms with Gasteiger partial charge in [-0.1, -0.05) is 12.1 Å². The topological polar surface area (TPSA) is 110 Å². The molecule has 10 heteroatoms. The van der Waals surface area contributed by atoms with Gasteiger partial charge in [-0.3, -0.25) is 9.69 Å². The van der Waals surface area contributed by atoms with Crippen molar-refractivity contribution in [2.24, 2.45) is 0 Å². The molecule has 0 spiro atoms. The largest absolute Gasteiger partial charge is 0.492 e. The second-order valence-electron chi connectivity index (χ2n) is 6.46. The Morgan fingerprint density at radius 1 is 1.21 bits per heavy atom. The normalized spacial score (nSPS) is 15.2. The standard InChI is InChI=1S/C19H25N3O6S/c1-20-29(24,25)18-6-5-17(28-18)19(23)21-14-15-3-2-4-16(13-15)27-12-9-22-7-10-26-11-8-22/h2-6,13,20H,7-12,14H2,1H3,(H,21,23). The molecule has 1 saturated heterocycles. The van der Waals surface area contributed by atoms with Crippen molar-refractivity contribution >= 4 is 15.9 Å². The molecule has 158 valence electrons. The summed E-state index contributed by atoms with van der Waals surface area (Å²) in [4.78, 5) is 14.5. The molecule has 0 aliphatic carbocycles. The van der Waals surface area contributed by atoms with Crippen LogP contribution in [-0.4, -0.2) is 65.7 Å². The minimum Gasteiger partial charge on any atom is -0.492 e. The van der Waals surface area contributed by atoms with E-state index in [0.29, 0.717) is 6.61 Å². The molecule has 1 aliphatic rings. The van der Waals surface area contributed by atoms with Gasteiger partial charge in [0.1, 0.15) is 12.4 Å². The van der Waals surface area contributed by atoms with E-state index in [9.17, 15) is 13.2 Å². The molecule has 29 heavy (non-hydrogen) atoms. The third-order valence-electron chi connectivity index (χ3n) is 4.47. The van der Waals surface area contributed by atoms with Crippen molar-refractivity contribution in [3.63, 3.8) is 0 Å². The van der Waals surface area contributed by atoms with E-state index in [1.54, 1.807) is 0 Å². The number of amides is 1. The van der Waals surface area contributed by atoms with Crippen LogP contribution >= 0.6 is 0 Å². The summed E-state index contributed by atoms with van der Waals surface area (Å²) in [5.41, 5.74) is 0.858. The number of furan rings is 1. The summed E-state index contributed by atoms with van der Waals surface area (Å²) in [5, 5.41) is 2.40. The van der Waals surface area contributed by atoms with Gasteiger partial charge >= 0.3 is 0 Å². The molecule has 0 bridgehead atoms. The number of hydrogen-bond donors (Lipinski definition) is 2. The van der Waals surface area contributed by atoms with Gasteiger partial charge in [-0.05, 0) is 36.9 Å². The average Bonchev–Trinajstić information content (AvgIpc) is 3.24. The van der Waals surface area contributed by atoms with Crippen LogP contribution in [0.15, 0.2) is 45.9 Å². The molecule has 1 aliphatic heterocycles. The molecule has 0 radical (unpaired) electrons. The number of hydrogen-bond acceptors (Lipinski definition) is 7. The van der Waals surface area contributed by atoms with Gasteiger partial charge in [-0.15, -0.1) is 0 Å². The van der Waals surface area contributed by atoms with Crippen LogP contribution in [0.25, 0.3) is 0 Å². The van der Waals surface area contributed by atoms with Crippen LogP contribution in [0, 0.1) is 0 Å². The number of carbonyl (C=O) groups is 1. The number of carbonyl (C=O) groups excluding carboxylic acids is 1. The number of benzene rings is 1. The van der Waals surface area contributed by atoms with Crippen LogP contribution in [-0.2, 0) is 21.3 Å². The highest BCUT2D eigenvalue weighted by atomic mass is 32.2. The zero-order chi connectivity index (χ0) is 20.7. The van der Waals surface area contributed by atoms with Gasteiger partial charge in [-0.25, -0.2) is 13.1 Å². The molecule has 9 nitrogen and oxygen atoms in total. The second kappa shape index (κ2) is 9.88. The maximum absolute atomic E-state index is 12.2. The fraction of sp³-hybridized carbons (Fsp3) is 0.421.